The van der Waals surface area contributed by atoms with Crippen LogP contribution in [0, 0.1) is 0 Å². The number of rotatable bonds is 4. The lowest BCUT2D eigenvalue weighted by molar-refractivity contribution is -0.138. The van der Waals surface area contributed by atoms with E-state index in [0.717, 1.165) is 5.56 Å². The molecule has 0 aromatic heterocycles. The predicted octanol–water partition coefficient (Wildman–Crippen LogP) is 1.68. The topological polar surface area (TPSA) is 72.5 Å². The molecule has 0 saturated carbocycles. The van der Waals surface area contributed by atoms with Gasteiger partial charge in [-0.1, -0.05) is 26.0 Å². The number of ether oxygens (including phenoxy) is 1. The van der Waals surface area contributed by atoms with Gasteiger partial charge in [0.05, 0.1) is 7.11 Å². The van der Waals surface area contributed by atoms with Crippen molar-refractivity contribution in [2.24, 2.45) is 5.73 Å². The molecule has 0 heterocycles. The van der Waals surface area contributed by atoms with E-state index in [1.807, 2.05) is 26.0 Å². The molecule has 1 atom stereocenters. The van der Waals surface area contributed by atoms with E-state index in [1.165, 1.54) is 0 Å². The molecule has 0 spiro atoms. The van der Waals surface area contributed by atoms with Gasteiger partial charge in [-0.05, 0) is 24.1 Å². The Hall–Kier alpha value is -1.55. The minimum Gasteiger partial charge on any atom is -0.497 e. The summed E-state index contributed by atoms with van der Waals surface area (Å²) in [6, 6.07) is 6.36. The van der Waals surface area contributed by atoms with Crippen LogP contribution in [0.5, 0.6) is 5.75 Å². The number of benzene rings is 1. The van der Waals surface area contributed by atoms with Crippen LogP contribution >= 0.6 is 0 Å². The summed E-state index contributed by atoms with van der Waals surface area (Å²) in [5, 5.41) is 8.61. The number of hydrogen-bond acceptors (Lipinski definition) is 3. The highest BCUT2D eigenvalue weighted by Gasteiger charge is 2.11. The summed E-state index contributed by atoms with van der Waals surface area (Å²) in [5.74, 6) is -0.284. The van der Waals surface area contributed by atoms with Crippen molar-refractivity contribution in [2.75, 3.05) is 7.11 Å². The van der Waals surface area contributed by atoms with E-state index in [2.05, 4.69) is 0 Å². The van der Waals surface area contributed by atoms with E-state index in [-0.39, 0.29) is 0 Å². The fourth-order valence-corrected chi connectivity index (χ4v) is 1.14. The summed E-state index contributed by atoms with van der Waals surface area (Å²) in [6.45, 7) is 4.00. The lowest BCUT2D eigenvalue weighted by Gasteiger charge is -2.07. The molecule has 90 valence electrons. The second-order valence-electron chi connectivity index (χ2n) is 3.00. The molecular weight excluding hydrogens is 206 g/mol. The van der Waals surface area contributed by atoms with Crippen molar-refractivity contribution in [2.45, 2.75) is 26.3 Å². The molecule has 1 unspecified atom stereocenters. The standard InChI is InChI=1S/C10H13NO3.C2H6/c1-14-8-4-2-3-7(5-8)6-9(11)10(12)13;1-2/h2-5,9H,6,11H2,1H3,(H,12,13);1-2H3. The molecule has 0 fully saturated rings. The zero-order valence-electron chi connectivity index (χ0n) is 9.93. The van der Waals surface area contributed by atoms with E-state index in [4.69, 9.17) is 15.6 Å². The van der Waals surface area contributed by atoms with Gasteiger partial charge in [-0.2, -0.15) is 0 Å². The van der Waals surface area contributed by atoms with Crippen LogP contribution in [0.15, 0.2) is 24.3 Å². The van der Waals surface area contributed by atoms with Crippen molar-refractivity contribution in [3.05, 3.63) is 29.8 Å². The quantitative estimate of drug-likeness (QED) is 0.817. The Morgan fingerprint density at radius 2 is 2.12 bits per heavy atom. The smallest absolute Gasteiger partial charge is 0.320 e. The third-order valence-electron chi connectivity index (χ3n) is 1.91. The first-order chi connectivity index (χ1) is 7.63. The first-order valence-electron chi connectivity index (χ1n) is 5.25. The summed E-state index contributed by atoms with van der Waals surface area (Å²) in [4.78, 5) is 10.5. The molecule has 0 aliphatic rings. The second kappa shape index (κ2) is 7.70. The van der Waals surface area contributed by atoms with Gasteiger partial charge < -0.3 is 15.6 Å². The normalized spacial score (nSPS) is 11.0. The van der Waals surface area contributed by atoms with Gasteiger partial charge in [0.1, 0.15) is 11.8 Å². The highest BCUT2D eigenvalue weighted by molar-refractivity contribution is 5.73. The molecule has 0 aliphatic carbocycles. The summed E-state index contributed by atoms with van der Waals surface area (Å²) >= 11 is 0. The van der Waals surface area contributed by atoms with Crippen molar-refractivity contribution in [3.8, 4) is 5.75 Å². The van der Waals surface area contributed by atoms with Gasteiger partial charge in [-0.3, -0.25) is 4.79 Å². The zero-order valence-corrected chi connectivity index (χ0v) is 9.93. The minimum absolute atomic E-state index is 0.312. The van der Waals surface area contributed by atoms with E-state index in [0.29, 0.717) is 12.2 Å². The number of aliphatic carboxylic acids is 1. The maximum Gasteiger partial charge on any atom is 0.320 e. The Balaban J connectivity index is 0.00000106. The van der Waals surface area contributed by atoms with Crippen molar-refractivity contribution >= 4 is 5.97 Å². The van der Waals surface area contributed by atoms with E-state index < -0.39 is 12.0 Å². The van der Waals surface area contributed by atoms with Crippen LogP contribution in [0.4, 0.5) is 0 Å². The van der Waals surface area contributed by atoms with Crippen LogP contribution in [0.2, 0.25) is 0 Å². The van der Waals surface area contributed by atoms with Gasteiger partial charge in [0, 0.05) is 0 Å². The molecule has 16 heavy (non-hydrogen) atoms. The van der Waals surface area contributed by atoms with Crippen LogP contribution in [0.1, 0.15) is 19.4 Å². The molecule has 3 N–H and O–H groups in total. The molecule has 0 aliphatic heterocycles. The maximum atomic E-state index is 10.5. The highest BCUT2D eigenvalue weighted by atomic mass is 16.5. The summed E-state index contributed by atoms with van der Waals surface area (Å²) in [5.41, 5.74) is 6.26. The number of carboxylic acids is 1. The number of carboxylic acid groups (broad SMARTS) is 1. The Bertz CT molecular complexity index is 326. The number of hydrogen-bond donors (Lipinski definition) is 2. The Morgan fingerprint density at radius 1 is 1.50 bits per heavy atom. The van der Waals surface area contributed by atoms with Crippen LogP contribution in [0.3, 0.4) is 0 Å². The summed E-state index contributed by atoms with van der Waals surface area (Å²) in [7, 11) is 1.57. The molecule has 1 aromatic carbocycles. The van der Waals surface area contributed by atoms with Gasteiger partial charge in [-0.25, -0.2) is 0 Å². The van der Waals surface area contributed by atoms with E-state index >= 15 is 0 Å². The molecule has 4 heteroatoms. The Labute approximate surface area is 96.0 Å². The summed E-state index contributed by atoms with van der Waals surface area (Å²) in [6.07, 6.45) is 0.312. The molecule has 0 bridgehead atoms. The largest absolute Gasteiger partial charge is 0.497 e. The molecule has 0 saturated heterocycles. The molecule has 1 rings (SSSR count). The minimum atomic E-state index is -0.993. The SMILES string of the molecule is CC.COc1cccc(CC(N)C(=O)O)c1. The van der Waals surface area contributed by atoms with Crippen molar-refractivity contribution in [3.63, 3.8) is 0 Å². The first-order valence-corrected chi connectivity index (χ1v) is 5.25. The van der Waals surface area contributed by atoms with Crippen molar-refractivity contribution in [1.29, 1.82) is 0 Å². The number of methoxy groups -OCH3 is 1. The lowest BCUT2D eigenvalue weighted by Crippen LogP contribution is -2.32. The number of carbonyl (C=O) groups is 1. The highest BCUT2D eigenvalue weighted by Crippen LogP contribution is 2.13. The van der Waals surface area contributed by atoms with Crippen LogP contribution < -0.4 is 10.5 Å². The third-order valence-corrected chi connectivity index (χ3v) is 1.91. The molecule has 1 aromatic rings. The van der Waals surface area contributed by atoms with Crippen LogP contribution in [0.25, 0.3) is 0 Å². The predicted molar refractivity (Wildman–Crippen MR) is 63.7 cm³/mol. The Kier molecular flexibility index (Phi) is 6.96. The fourth-order valence-electron chi connectivity index (χ4n) is 1.14. The monoisotopic (exact) mass is 225 g/mol. The number of nitrogens with two attached hydrogens (primary N) is 1. The van der Waals surface area contributed by atoms with E-state index in [9.17, 15) is 4.79 Å². The lowest BCUT2D eigenvalue weighted by atomic mass is 10.1. The van der Waals surface area contributed by atoms with Gasteiger partial charge in [0.15, 0.2) is 0 Å². The van der Waals surface area contributed by atoms with E-state index in [1.54, 1.807) is 19.2 Å². The zero-order chi connectivity index (χ0) is 12.6. The molecular formula is C12H19NO3. The molecule has 0 amide bonds. The van der Waals surface area contributed by atoms with Crippen LogP contribution in [-0.2, 0) is 11.2 Å². The average Bonchev–Trinajstić information content (AvgIpc) is 2.31. The summed E-state index contributed by atoms with van der Waals surface area (Å²) < 4.78 is 5.01. The first kappa shape index (κ1) is 14.5. The average molecular weight is 225 g/mol. The van der Waals surface area contributed by atoms with Gasteiger partial charge in [0.2, 0.25) is 0 Å². The Morgan fingerprint density at radius 3 is 2.62 bits per heavy atom. The third kappa shape index (κ3) is 4.79. The molecule has 0 radical (unpaired) electrons. The second-order valence-corrected chi connectivity index (χ2v) is 3.00. The van der Waals surface area contributed by atoms with Crippen LogP contribution in [-0.4, -0.2) is 24.2 Å². The maximum absolute atomic E-state index is 10.5. The molecule has 4 nitrogen and oxygen atoms in total. The van der Waals surface area contributed by atoms with Gasteiger partial charge >= 0.3 is 5.97 Å². The fraction of sp³-hybridized carbons (Fsp3) is 0.417. The van der Waals surface area contributed by atoms with Crippen molar-refractivity contribution < 1.29 is 14.6 Å². The van der Waals surface area contributed by atoms with Gasteiger partial charge in [0.25, 0.3) is 0 Å². The van der Waals surface area contributed by atoms with Gasteiger partial charge in [-0.15, -0.1) is 0 Å². The van der Waals surface area contributed by atoms with Crippen molar-refractivity contribution in [1.82, 2.24) is 0 Å².